The molecular weight excluding hydrogens is 178 g/mol. The molecule has 1 heterocycles. The molecule has 1 aromatic heterocycles. The predicted octanol–water partition coefficient (Wildman–Crippen LogP) is 2.80. The smallest absolute Gasteiger partial charge is 0.134 e. The van der Waals surface area contributed by atoms with Gasteiger partial charge in [-0.1, -0.05) is 30.3 Å². The largest absolute Gasteiger partial charge is 0.460 e. The SMILES string of the molecule is CCc1oc2ccccc2c1/C=N\O. The maximum Gasteiger partial charge on any atom is 0.134 e. The summed E-state index contributed by atoms with van der Waals surface area (Å²) in [6.45, 7) is 2.01. The molecule has 0 bridgehead atoms. The average molecular weight is 189 g/mol. The summed E-state index contributed by atoms with van der Waals surface area (Å²) in [5, 5.41) is 12.6. The molecule has 0 aliphatic heterocycles. The maximum atomic E-state index is 8.55. The van der Waals surface area contributed by atoms with E-state index in [1.807, 2.05) is 31.2 Å². The van der Waals surface area contributed by atoms with Crippen LogP contribution in [0.25, 0.3) is 11.0 Å². The Morgan fingerprint density at radius 2 is 2.21 bits per heavy atom. The number of oxime groups is 1. The second kappa shape index (κ2) is 3.54. The van der Waals surface area contributed by atoms with Crippen molar-refractivity contribution in [1.82, 2.24) is 0 Å². The Hall–Kier alpha value is -1.77. The van der Waals surface area contributed by atoms with Crippen LogP contribution in [0.4, 0.5) is 0 Å². The highest BCUT2D eigenvalue weighted by Crippen LogP contribution is 2.24. The molecule has 0 aliphatic rings. The Balaban J connectivity index is 2.74. The summed E-state index contributed by atoms with van der Waals surface area (Å²) in [6, 6.07) is 7.72. The monoisotopic (exact) mass is 189 g/mol. The topological polar surface area (TPSA) is 45.7 Å². The highest BCUT2D eigenvalue weighted by Gasteiger charge is 2.09. The lowest BCUT2D eigenvalue weighted by Gasteiger charge is -1.90. The number of furan rings is 1. The van der Waals surface area contributed by atoms with E-state index in [1.165, 1.54) is 6.21 Å². The van der Waals surface area contributed by atoms with E-state index >= 15 is 0 Å². The second-order valence-electron chi connectivity index (χ2n) is 3.03. The van der Waals surface area contributed by atoms with Gasteiger partial charge >= 0.3 is 0 Å². The van der Waals surface area contributed by atoms with Crippen molar-refractivity contribution >= 4 is 17.2 Å². The van der Waals surface area contributed by atoms with Gasteiger partial charge in [0.05, 0.1) is 6.21 Å². The summed E-state index contributed by atoms with van der Waals surface area (Å²) in [5.74, 6) is 0.851. The third-order valence-electron chi connectivity index (χ3n) is 2.22. The van der Waals surface area contributed by atoms with E-state index in [0.717, 1.165) is 28.7 Å². The molecule has 0 radical (unpaired) electrons. The Morgan fingerprint density at radius 1 is 1.43 bits per heavy atom. The van der Waals surface area contributed by atoms with E-state index in [2.05, 4.69) is 5.16 Å². The van der Waals surface area contributed by atoms with Crippen molar-refractivity contribution in [1.29, 1.82) is 0 Å². The first-order valence-electron chi connectivity index (χ1n) is 4.54. The van der Waals surface area contributed by atoms with Gasteiger partial charge in [0.2, 0.25) is 0 Å². The van der Waals surface area contributed by atoms with Crippen molar-refractivity contribution in [3.05, 3.63) is 35.6 Å². The van der Waals surface area contributed by atoms with Crippen LogP contribution in [0.15, 0.2) is 33.8 Å². The van der Waals surface area contributed by atoms with E-state index in [9.17, 15) is 0 Å². The Labute approximate surface area is 81.6 Å². The quantitative estimate of drug-likeness (QED) is 0.448. The zero-order valence-corrected chi connectivity index (χ0v) is 7.90. The molecular formula is C11H11NO2. The van der Waals surface area contributed by atoms with Gasteiger partial charge in [-0.2, -0.15) is 0 Å². The summed E-state index contributed by atoms with van der Waals surface area (Å²) in [6.07, 6.45) is 2.21. The van der Waals surface area contributed by atoms with Crippen molar-refractivity contribution in [3.8, 4) is 0 Å². The van der Waals surface area contributed by atoms with E-state index in [0.29, 0.717) is 0 Å². The van der Waals surface area contributed by atoms with Crippen LogP contribution < -0.4 is 0 Å². The van der Waals surface area contributed by atoms with Gasteiger partial charge in [-0.05, 0) is 6.07 Å². The van der Waals surface area contributed by atoms with Crippen LogP contribution in [0, 0.1) is 0 Å². The minimum Gasteiger partial charge on any atom is -0.460 e. The lowest BCUT2D eigenvalue weighted by molar-refractivity contribution is 0.321. The molecule has 3 heteroatoms. The van der Waals surface area contributed by atoms with Crippen molar-refractivity contribution in [2.45, 2.75) is 13.3 Å². The summed E-state index contributed by atoms with van der Waals surface area (Å²) in [7, 11) is 0. The molecule has 72 valence electrons. The van der Waals surface area contributed by atoms with Crippen molar-refractivity contribution in [3.63, 3.8) is 0 Å². The molecule has 0 amide bonds. The van der Waals surface area contributed by atoms with Gasteiger partial charge in [-0.3, -0.25) is 0 Å². The number of fused-ring (bicyclic) bond motifs is 1. The molecule has 1 aromatic carbocycles. The van der Waals surface area contributed by atoms with E-state index < -0.39 is 0 Å². The molecule has 0 fully saturated rings. The molecule has 2 aromatic rings. The fourth-order valence-electron chi connectivity index (χ4n) is 1.58. The lowest BCUT2D eigenvalue weighted by atomic mass is 10.1. The summed E-state index contributed by atoms with van der Waals surface area (Å²) in [5.41, 5.74) is 1.70. The molecule has 0 aliphatic carbocycles. The number of para-hydroxylation sites is 1. The zero-order valence-electron chi connectivity index (χ0n) is 7.90. The number of aryl methyl sites for hydroxylation is 1. The third kappa shape index (κ3) is 1.27. The van der Waals surface area contributed by atoms with Gasteiger partial charge in [0, 0.05) is 17.4 Å². The minimum absolute atomic E-state index is 0.788. The summed E-state index contributed by atoms with van der Waals surface area (Å²) < 4.78 is 5.60. The normalized spacial score (nSPS) is 11.5. The number of hydrogen-bond acceptors (Lipinski definition) is 3. The van der Waals surface area contributed by atoms with Crippen molar-refractivity contribution in [2.24, 2.45) is 5.16 Å². The van der Waals surface area contributed by atoms with Crippen LogP contribution in [0.2, 0.25) is 0 Å². The van der Waals surface area contributed by atoms with Gasteiger partial charge in [0.1, 0.15) is 11.3 Å². The zero-order chi connectivity index (χ0) is 9.97. The van der Waals surface area contributed by atoms with Crippen LogP contribution in [-0.4, -0.2) is 11.4 Å². The minimum atomic E-state index is 0.788. The first-order valence-corrected chi connectivity index (χ1v) is 4.54. The average Bonchev–Trinajstić information content (AvgIpc) is 2.58. The number of rotatable bonds is 2. The van der Waals surface area contributed by atoms with Crippen molar-refractivity contribution in [2.75, 3.05) is 0 Å². The van der Waals surface area contributed by atoms with Crippen LogP contribution in [0.5, 0.6) is 0 Å². The van der Waals surface area contributed by atoms with Gasteiger partial charge < -0.3 is 9.62 Å². The fourth-order valence-corrected chi connectivity index (χ4v) is 1.58. The summed E-state index contributed by atoms with van der Waals surface area (Å²) in [4.78, 5) is 0. The second-order valence-corrected chi connectivity index (χ2v) is 3.03. The maximum absolute atomic E-state index is 8.55. The molecule has 0 unspecified atom stereocenters. The van der Waals surface area contributed by atoms with Crippen LogP contribution >= 0.6 is 0 Å². The highest BCUT2D eigenvalue weighted by molar-refractivity contribution is 5.99. The van der Waals surface area contributed by atoms with Gasteiger partial charge in [-0.15, -0.1) is 0 Å². The standard InChI is InChI=1S/C11H11NO2/c1-2-10-9(7-12-13)8-5-3-4-6-11(8)14-10/h3-7,13H,2H2,1H3/b12-7-. The van der Waals surface area contributed by atoms with Crippen LogP contribution in [0.1, 0.15) is 18.2 Å². The Kier molecular flexibility index (Phi) is 2.23. The molecule has 0 spiro atoms. The van der Waals surface area contributed by atoms with Gasteiger partial charge in [-0.25, -0.2) is 0 Å². The Morgan fingerprint density at radius 3 is 2.93 bits per heavy atom. The highest BCUT2D eigenvalue weighted by atomic mass is 16.4. The van der Waals surface area contributed by atoms with E-state index in [1.54, 1.807) is 0 Å². The van der Waals surface area contributed by atoms with Crippen molar-refractivity contribution < 1.29 is 9.62 Å². The molecule has 1 N–H and O–H groups in total. The fraction of sp³-hybridized carbons (Fsp3) is 0.182. The molecule has 0 saturated carbocycles. The Bertz CT molecular complexity index is 471. The first kappa shape index (κ1) is 8.81. The van der Waals surface area contributed by atoms with Crippen LogP contribution in [-0.2, 0) is 6.42 Å². The van der Waals surface area contributed by atoms with E-state index in [-0.39, 0.29) is 0 Å². The predicted molar refractivity (Wildman–Crippen MR) is 55.0 cm³/mol. The van der Waals surface area contributed by atoms with Gasteiger partial charge in [0.25, 0.3) is 0 Å². The van der Waals surface area contributed by atoms with E-state index in [4.69, 9.17) is 9.62 Å². The third-order valence-corrected chi connectivity index (χ3v) is 2.22. The number of benzene rings is 1. The number of hydrogen-bond donors (Lipinski definition) is 1. The van der Waals surface area contributed by atoms with Gasteiger partial charge in [0.15, 0.2) is 0 Å². The molecule has 2 rings (SSSR count). The molecule has 0 saturated heterocycles. The first-order chi connectivity index (χ1) is 6.86. The molecule has 3 nitrogen and oxygen atoms in total. The summed E-state index contributed by atoms with van der Waals surface area (Å²) >= 11 is 0. The van der Waals surface area contributed by atoms with Crippen LogP contribution in [0.3, 0.4) is 0 Å². The molecule has 14 heavy (non-hydrogen) atoms. The number of nitrogens with zero attached hydrogens (tertiary/aromatic N) is 1. The lowest BCUT2D eigenvalue weighted by Crippen LogP contribution is -1.85. The molecule has 0 atom stereocenters.